The van der Waals surface area contributed by atoms with Crippen LogP contribution in [0.15, 0.2) is 23.1 Å². The van der Waals surface area contributed by atoms with Crippen molar-refractivity contribution in [2.24, 2.45) is 0 Å². The second kappa shape index (κ2) is 9.60. The quantitative estimate of drug-likeness (QED) is 0.494. The van der Waals surface area contributed by atoms with Crippen LogP contribution in [0.2, 0.25) is 0 Å². The lowest BCUT2D eigenvalue weighted by atomic mass is 10.3. The number of hydrogen-bond donors (Lipinski definition) is 2. The molecule has 1 fully saturated rings. The first-order valence-electron chi connectivity index (χ1n) is 9.53. The van der Waals surface area contributed by atoms with Crippen molar-refractivity contribution in [3.05, 3.63) is 18.2 Å². The van der Waals surface area contributed by atoms with Crippen molar-refractivity contribution in [2.75, 3.05) is 60.1 Å². The zero-order valence-corrected chi connectivity index (χ0v) is 17.7. The van der Waals surface area contributed by atoms with Crippen LogP contribution in [0.3, 0.4) is 0 Å². The molecule has 2 amide bonds. The van der Waals surface area contributed by atoms with E-state index >= 15 is 0 Å². The van der Waals surface area contributed by atoms with Gasteiger partial charge in [-0.05, 0) is 26.2 Å². The fourth-order valence-electron chi connectivity index (χ4n) is 2.99. The van der Waals surface area contributed by atoms with E-state index in [4.69, 9.17) is 14.2 Å². The van der Waals surface area contributed by atoms with E-state index in [0.717, 1.165) is 4.31 Å². The summed E-state index contributed by atoms with van der Waals surface area (Å²) in [5.74, 6) is -0.777. The number of likely N-dealkylation sites (N-methyl/N-ethyl adjacent to an activating group) is 1. The number of sulfonamides is 1. The molecule has 0 unspecified atom stereocenters. The van der Waals surface area contributed by atoms with Crippen molar-refractivity contribution in [1.29, 1.82) is 0 Å². The predicted octanol–water partition coefficient (Wildman–Crippen LogP) is -1.40. The largest absolute Gasteiger partial charge is 0.486 e. The molecule has 166 valence electrons. The smallest absolute Gasteiger partial charge is 0.309 e. The highest BCUT2D eigenvalue weighted by molar-refractivity contribution is 7.89. The van der Waals surface area contributed by atoms with Gasteiger partial charge in [-0.15, -0.1) is 0 Å². The van der Waals surface area contributed by atoms with E-state index in [0.29, 0.717) is 37.8 Å². The molecule has 2 heterocycles. The molecular formula is C18H26N4O7S. The number of nitrogens with one attached hydrogen (secondary N) is 2. The first-order valence-corrected chi connectivity index (χ1v) is 11.0. The van der Waals surface area contributed by atoms with Gasteiger partial charge in [0.15, 0.2) is 11.5 Å². The summed E-state index contributed by atoms with van der Waals surface area (Å²) < 4.78 is 43.6. The number of carbonyl (C=O) groups excluding carboxylic acids is 2. The van der Waals surface area contributed by atoms with E-state index in [1.54, 1.807) is 6.07 Å². The van der Waals surface area contributed by atoms with Gasteiger partial charge in [0.2, 0.25) is 10.0 Å². The summed E-state index contributed by atoms with van der Waals surface area (Å²) in [5, 5.41) is 4.92. The number of ether oxygens (including phenoxy) is 3. The molecule has 1 atom stereocenters. The Morgan fingerprint density at radius 2 is 1.80 bits per heavy atom. The number of nitrogens with zero attached hydrogens (tertiary/aromatic N) is 2. The van der Waals surface area contributed by atoms with Gasteiger partial charge in [-0.1, -0.05) is 0 Å². The highest BCUT2D eigenvalue weighted by Gasteiger charge is 2.37. The average molecular weight is 442 g/mol. The maximum absolute atomic E-state index is 13.1. The van der Waals surface area contributed by atoms with E-state index in [-0.39, 0.29) is 24.6 Å². The molecule has 12 heteroatoms. The average Bonchev–Trinajstić information content (AvgIpc) is 3.20. The molecule has 0 saturated carbocycles. The maximum Gasteiger partial charge on any atom is 0.309 e. The van der Waals surface area contributed by atoms with Gasteiger partial charge in [-0.2, -0.15) is 4.31 Å². The number of benzene rings is 1. The lowest BCUT2D eigenvalue weighted by Gasteiger charge is -2.24. The Labute approximate surface area is 175 Å². The maximum atomic E-state index is 13.1. The minimum Gasteiger partial charge on any atom is -0.486 e. The molecule has 3 rings (SSSR count). The van der Waals surface area contributed by atoms with Crippen molar-refractivity contribution in [3.8, 4) is 11.5 Å². The summed E-state index contributed by atoms with van der Waals surface area (Å²) in [6.07, 6.45) is -0.915. The van der Waals surface area contributed by atoms with Gasteiger partial charge < -0.3 is 29.7 Å². The molecule has 30 heavy (non-hydrogen) atoms. The molecule has 2 N–H and O–H groups in total. The molecule has 1 aromatic rings. The molecule has 0 aromatic heterocycles. The predicted molar refractivity (Wildman–Crippen MR) is 106 cm³/mol. The Morgan fingerprint density at radius 3 is 2.53 bits per heavy atom. The van der Waals surface area contributed by atoms with Gasteiger partial charge in [0.25, 0.3) is 0 Å². The summed E-state index contributed by atoms with van der Waals surface area (Å²) in [6, 6.07) is 4.40. The standard InChI is InChI=1S/C18H26N4O7S/c1-21(2)6-5-19-17(23)18(24)20-12-16-22(7-8-29-16)30(25,26)13-3-4-14-15(11-13)28-10-9-27-14/h3-4,11,16H,5-10,12H2,1-2H3,(H,19,23)(H,20,24)/t16-/m1/s1. The third-order valence-electron chi connectivity index (χ3n) is 4.55. The molecule has 0 bridgehead atoms. The normalized spacial score (nSPS) is 19.0. The molecule has 1 aromatic carbocycles. The van der Waals surface area contributed by atoms with Crippen molar-refractivity contribution in [2.45, 2.75) is 11.1 Å². The number of carbonyl (C=O) groups is 2. The molecule has 1 saturated heterocycles. The second-order valence-corrected chi connectivity index (χ2v) is 8.91. The van der Waals surface area contributed by atoms with E-state index in [1.165, 1.54) is 12.1 Å². The number of rotatable bonds is 7. The highest BCUT2D eigenvalue weighted by Crippen LogP contribution is 2.34. The van der Waals surface area contributed by atoms with Gasteiger partial charge >= 0.3 is 11.8 Å². The monoisotopic (exact) mass is 442 g/mol. The van der Waals surface area contributed by atoms with Crippen LogP contribution in [0.25, 0.3) is 0 Å². The molecule has 2 aliphatic rings. The van der Waals surface area contributed by atoms with Crippen LogP contribution >= 0.6 is 0 Å². The van der Waals surface area contributed by atoms with E-state index in [1.807, 2.05) is 19.0 Å². The molecule has 0 radical (unpaired) electrons. The number of fused-ring (bicyclic) bond motifs is 1. The summed E-state index contributed by atoms with van der Waals surface area (Å²) in [5.41, 5.74) is 0. The molecular weight excluding hydrogens is 416 g/mol. The zero-order valence-electron chi connectivity index (χ0n) is 16.9. The Kier molecular flexibility index (Phi) is 7.13. The first-order chi connectivity index (χ1) is 14.3. The van der Waals surface area contributed by atoms with Crippen molar-refractivity contribution in [1.82, 2.24) is 19.8 Å². The third kappa shape index (κ3) is 5.19. The van der Waals surface area contributed by atoms with Crippen molar-refractivity contribution < 1.29 is 32.2 Å². The van der Waals surface area contributed by atoms with Gasteiger partial charge in [-0.25, -0.2) is 8.42 Å². The van der Waals surface area contributed by atoms with E-state index < -0.39 is 28.1 Å². The zero-order chi connectivity index (χ0) is 21.7. The minimum absolute atomic E-state index is 0.0370. The van der Waals surface area contributed by atoms with Crippen molar-refractivity contribution in [3.63, 3.8) is 0 Å². The van der Waals surface area contributed by atoms with Crippen LogP contribution in [0, 0.1) is 0 Å². The summed E-state index contributed by atoms with van der Waals surface area (Å²) >= 11 is 0. The van der Waals surface area contributed by atoms with Gasteiger partial charge in [-0.3, -0.25) is 9.59 Å². The third-order valence-corrected chi connectivity index (χ3v) is 6.44. The molecule has 0 spiro atoms. The van der Waals surface area contributed by atoms with Crippen LogP contribution in [0.5, 0.6) is 11.5 Å². The Bertz CT molecular complexity index is 891. The van der Waals surface area contributed by atoms with Crippen molar-refractivity contribution >= 4 is 21.8 Å². The van der Waals surface area contributed by atoms with Crippen LogP contribution in [0.1, 0.15) is 0 Å². The SMILES string of the molecule is CN(C)CCNC(=O)C(=O)NC[C@H]1OCCN1S(=O)(=O)c1ccc2c(c1)OCCO2. The van der Waals surface area contributed by atoms with Crippen LogP contribution in [0.4, 0.5) is 0 Å². The number of hydrogen-bond acceptors (Lipinski definition) is 8. The second-order valence-electron chi connectivity index (χ2n) is 7.02. The summed E-state index contributed by atoms with van der Waals surface area (Å²) in [6.45, 7) is 1.82. The molecule has 11 nitrogen and oxygen atoms in total. The fourth-order valence-corrected chi connectivity index (χ4v) is 4.52. The van der Waals surface area contributed by atoms with Gasteiger partial charge in [0.1, 0.15) is 19.4 Å². The highest BCUT2D eigenvalue weighted by atomic mass is 32.2. The fraction of sp³-hybridized carbons (Fsp3) is 0.556. The van der Waals surface area contributed by atoms with Crippen LogP contribution in [-0.4, -0.2) is 95.8 Å². The minimum atomic E-state index is -3.90. The van der Waals surface area contributed by atoms with Gasteiger partial charge in [0, 0.05) is 25.7 Å². The topological polar surface area (TPSA) is 127 Å². The number of amides is 2. The van der Waals surface area contributed by atoms with E-state index in [9.17, 15) is 18.0 Å². The first kappa shape index (κ1) is 22.3. The van der Waals surface area contributed by atoms with Crippen LogP contribution < -0.4 is 20.1 Å². The van der Waals surface area contributed by atoms with Gasteiger partial charge in [0.05, 0.1) is 18.0 Å². The summed E-state index contributed by atoms with van der Waals surface area (Å²) in [7, 11) is -0.203. The molecule has 2 aliphatic heterocycles. The Hall–Kier alpha value is -2.41. The summed E-state index contributed by atoms with van der Waals surface area (Å²) in [4.78, 5) is 25.7. The van der Waals surface area contributed by atoms with E-state index in [2.05, 4.69) is 10.6 Å². The van der Waals surface area contributed by atoms with Crippen LogP contribution in [-0.2, 0) is 24.3 Å². The Morgan fingerprint density at radius 1 is 1.10 bits per heavy atom. The lowest BCUT2D eigenvalue weighted by molar-refractivity contribution is -0.139. The Balaban J connectivity index is 1.61. The molecule has 0 aliphatic carbocycles. The lowest BCUT2D eigenvalue weighted by Crippen LogP contribution is -2.48.